The first kappa shape index (κ1) is 19.2. The summed E-state index contributed by atoms with van der Waals surface area (Å²) in [6, 6.07) is 15.0. The number of aryl methyl sites for hydroxylation is 1. The van der Waals surface area contributed by atoms with Gasteiger partial charge < -0.3 is 9.47 Å². The van der Waals surface area contributed by atoms with Crippen LogP contribution < -0.4 is 9.47 Å². The van der Waals surface area contributed by atoms with Crippen molar-refractivity contribution in [3.8, 4) is 11.5 Å². The van der Waals surface area contributed by atoms with Crippen LogP contribution in [0.25, 0.3) is 6.08 Å². The molecule has 0 aliphatic carbocycles. The van der Waals surface area contributed by atoms with Crippen LogP contribution in [0.15, 0.2) is 60.0 Å². The van der Waals surface area contributed by atoms with Gasteiger partial charge in [-0.1, -0.05) is 29.8 Å². The Hall–Kier alpha value is -2.56. The predicted octanol–water partition coefficient (Wildman–Crippen LogP) is 6.19. The van der Waals surface area contributed by atoms with E-state index in [0.29, 0.717) is 11.6 Å². The summed E-state index contributed by atoms with van der Waals surface area (Å²) in [5.41, 5.74) is 2.78. The number of hydrogen-bond acceptors (Lipinski definition) is 4. The maximum absolute atomic E-state index is 12.1. The summed E-state index contributed by atoms with van der Waals surface area (Å²) in [7, 11) is 1.63. The number of halogens is 1. The fourth-order valence-electron chi connectivity index (χ4n) is 2.62. The van der Waals surface area contributed by atoms with Gasteiger partial charge in [0.15, 0.2) is 5.78 Å². The van der Waals surface area contributed by atoms with E-state index in [2.05, 4.69) is 0 Å². The molecule has 0 saturated carbocycles. The minimum atomic E-state index is -0.00425. The smallest absolute Gasteiger partial charge is 0.195 e. The molecule has 2 aromatic carbocycles. The fraction of sp³-hybridized carbons (Fsp3) is 0.136. The molecule has 3 nitrogen and oxygen atoms in total. The Morgan fingerprint density at radius 1 is 1.15 bits per heavy atom. The van der Waals surface area contributed by atoms with Crippen LogP contribution in [0, 0.1) is 6.92 Å². The van der Waals surface area contributed by atoms with Crippen molar-refractivity contribution in [2.24, 2.45) is 0 Å². The monoisotopic (exact) mass is 398 g/mol. The number of allylic oxidation sites excluding steroid dienone is 1. The van der Waals surface area contributed by atoms with E-state index in [4.69, 9.17) is 21.1 Å². The summed E-state index contributed by atoms with van der Waals surface area (Å²) in [5, 5.41) is 2.57. The van der Waals surface area contributed by atoms with E-state index in [1.54, 1.807) is 25.3 Å². The second-order valence-electron chi connectivity index (χ2n) is 5.94. The van der Waals surface area contributed by atoms with E-state index < -0.39 is 0 Å². The van der Waals surface area contributed by atoms with Crippen molar-refractivity contribution >= 4 is 34.8 Å². The van der Waals surface area contributed by atoms with Gasteiger partial charge in [0.05, 0.1) is 12.0 Å². The molecule has 1 aromatic heterocycles. The molecule has 0 unspecified atom stereocenters. The zero-order valence-corrected chi connectivity index (χ0v) is 16.6. The quantitative estimate of drug-likeness (QED) is 0.351. The van der Waals surface area contributed by atoms with E-state index in [0.717, 1.165) is 33.1 Å². The molecule has 0 bridgehead atoms. The van der Waals surface area contributed by atoms with Crippen LogP contribution in [0.1, 0.15) is 26.4 Å². The van der Waals surface area contributed by atoms with E-state index in [1.165, 1.54) is 11.3 Å². The van der Waals surface area contributed by atoms with E-state index in [1.807, 2.05) is 54.8 Å². The van der Waals surface area contributed by atoms with Crippen molar-refractivity contribution < 1.29 is 14.3 Å². The second-order valence-corrected chi connectivity index (χ2v) is 7.33. The Kier molecular flexibility index (Phi) is 6.32. The van der Waals surface area contributed by atoms with E-state index >= 15 is 0 Å². The Morgan fingerprint density at radius 2 is 1.96 bits per heavy atom. The van der Waals surface area contributed by atoms with Gasteiger partial charge in [-0.25, -0.2) is 0 Å². The number of methoxy groups -OCH3 is 1. The summed E-state index contributed by atoms with van der Waals surface area (Å²) in [4.78, 5) is 12.8. The van der Waals surface area contributed by atoms with Crippen molar-refractivity contribution in [1.29, 1.82) is 0 Å². The number of carbonyl (C=O) groups is 1. The highest BCUT2D eigenvalue weighted by atomic mass is 35.5. The topological polar surface area (TPSA) is 35.5 Å². The van der Waals surface area contributed by atoms with Crippen LogP contribution in [0.4, 0.5) is 0 Å². The van der Waals surface area contributed by atoms with Crippen LogP contribution in [0.2, 0.25) is 5.02 Å². The van der Waals surface area contributed by atoms with Gasteiger partial charge in [0.1, 0.15) is 18.1 Å². The highest BCUT2D eigenvalue weighted by Crippen LogP contribution is 2.26. The van der Waals surface area contributed by atoms with Crippen LogP contribution in [-0.2, 0) is 6.61 Å². The van der Waals surface area contributed by atoms with Crippen LogP contribution in [0.3, 0.4) is 0 Å². The molecule has 138 valence electrons. The number of ketones is 1. The van der Waals surface area contributed by atoms with Gasteiger partial charge >= 0.3 is 0 Å². The van der Waals surface area contributed by atoms with Crippen molar-refractivity contribution in [2.75, 3.05) is 7.11 Å². The standard InChI is InChI=1S/C22H19ClO3S/c1-15-12-18(23)7-10-20(15)26-14-17-13-16(6-9-21(17)25-2)5-8-19(24)22-4-3-11-27-22/h3-13H,14H2,1-2H3/b8-5+. The third-order valence-electron chi connectivity index (χ3n) is 4.02. The lowest BCUT2D eigenvalue weighted by atomic mass is 10.1. The van der Waals surface area contributed by atoms with Crippen LogP contribution >= 0.6 is 22.9 Å². The fourth-order valence-corrected chi connectivity index (χ4v) is 3.49. The van der Waals surface area contributed by atoms with Gasteiger partial charge in [0, 0.05) is 10.6 Å². The lowest BCUT2D eigenvalue weighted by molar-refractivity contribution is 0.105. The minimum absolute atomic E-state index is 0.00425. The number of carbonyl (C=O) groups excluding carboxylic acids is 1. The molecule has 0 radical (unpaired) electrons. The summed E-state index contributed by atoms with van der Waals surface area (Å²) in [6.07, 6.45) is 3.39. The average Bonchev–Trinajstić information content (AvgIpc) is 3.20. The Labute approximate surface area is 167 Å². The SMILES string of the molecule is COc1ccc(/C=C/C(=O)c2cccs2)cc1COc1ccc(Cl)cc1C. The molecule has 0 spiro atoms. The normalized spacial score (nSPS) is 10.9. The molecule has 1 heterocycles. The molecule has 27 heavy (non-hydrogen) atoms. The van der Waals surface area contributed by atoms with Crippen LogP contribution in [-0.4, -0.2) is 12.9 Å². The molecular weight excluding hydrogens is 380 g/mol. The molecular formula is C22H19ClO3S. The zero-order chi connectivity index (χ0) is 19.2. The molecule has 0 fully saturated rings. The molecule has 0 saturated heterocycles. The summed E-state index contributed by atoms with van der Waals surface area (Å²) >= 11 is 7.42. The van der Waals surface area contributed by atoms with Gasteiger partial charge in [-0.05, 0) is 65.9 Å². The minimum Gasteiger partial charge on any atom is -0.496 e. The first-order chi connectivity index (χ1) is 13.1. The van der Waals surface area contributed by atoms with Gasteiger partial charge in [-0.15, -0.1) is 11.3 Å². The molecule has 0 N–H and O–H groups in total. The molecule has 3 rings (SSSR count). The first-order valence-corrected chi connectivity index (χ1v) is 9.64. The van der Waals surface area contributed by atoms with Gasteiger partial charge in [0.25, 0.3) is 0 Å². The predicted molar refractivity (Wildman–Crippen MR) is 111 cm³/mol. The number of thiophene rings is 1. The third kappa shape index (κ3) is 5.00. The lowest BCUT2D eigenvalue weighted by Crippen LogP contribution is -2.00. The molecule has 5 heteroatoms. The molecule has 0 aliphatic heterocycles. The van der Waals surface area contributed by atoms with E-state index in [9.17, 15) is 4.79 Å². The highest BCUT2D eigenvalue weighted by molar-refractivity contribution is 7.12. The van der Waals surface area contributed by atoms with Crippen molar-refractivity contribution in [2.45, 2.75) is 13.5 Å². The highest BCUT2D eigenvalue weighted by Gasteiger charge is 2.08. The number of benzene rings is 2. The average molecular weight is 399 g/mol. The van der Waals surface area contributed by atoms with Crippen molar-refractivity contribution in [3.63, 3.8) is 0 Å². The summed E-state index contributed by atoms with van der Waals surface area (Å²) in [6.45, 7) is 2.31. The maximum atomic E-state index is 12.1. The van der Waals surface area contributed by atoms with E-state index in [-0.39, 0.29) is 5.78 Å². The maximum Gasteiger partial charge on any atom is 0.195 e. The molecule has 0 atom stereocenters. The van der Waals surface area contributed by atoms with Gasteiger partial charge in [-0.2, -0.15) is 0 Å². The number of rotatable bonds is 7. The Bertz CT molecular complexity index is 962. The molecule has 0 amide bonds. The molecule has 0 aliphatic rings. The van der Waals surface area contributed by atoms with Crippen LogP contribution in [0.5, 0.6) is 11.5 Å². The first-order valence-electron chi connectivity index (χ1n) is 8.38. The number of ether oxygens (including phenoxy) is 2. The summed E-state index contributed by atoms with van der Waals surface area (Å²) < 4.78 is 11.4. The second kappa shape index (κ2) is 8.89. The Morgan fingerprint density at radius 3 is 2.67 bits per heavy atom. The van der Waals surface area contributed by atoms with Gasteiger partial charge in [0.2, 0.25) is 0 Å². The largest absolute Gasteiger partial charge is 0.496 e. The van der Waals surface area contributed by atoms with Crippen molar-refractivity contribution in [3.05, 3.63) is 86.6 Å². The third-order valence-corrected chi connectivity index (χ3v) is 5.14. The van der Waals surface area contributed by atoms with Crippen molar-refractivity contribution in [1.82, 2.24) is 0 Å². The lowest BCUT2D eigenvalue weighted by Gasteiger charge is -2.13. The molecule has 3 aromatic rings. The zero-order valence-electron chi connectivity index (χ0n) is 15.1. The summed E-state index contributed by atoms with van der Waals surface area (Å²) in [5.74, 6) is 1.51. The Balaban J connectivity index is 1.76. The number of hydrogen-bond donors (Lipinski definition) is 0. The van der Waals surface area contributed by atoms with Gasteiger partial charge in [-0.3, -0.25) is 4.79 Å².